The molecule has 7 nitrogen and oxygen atoms in total. The molecule has 1 aromatic heterocycles. The zero-order chi connectivity index (χ0) is 22.2. The number of anilines is 2. The van der Waals surface area contributed by atoms with Crippen molar-refractivity contribution in [2.45, 2.75) is 5.40 Å². The van der Waals surface area contributed by atoms with Crippen molar-refractivity contribution in [3.63, 3.8) is 0 Å². The second-order valence-electron chi connectivity index (χ2n) is 6.52. The van der Waals surface area contributed by atoms with Crippen LogP contribution in [-0.2, 0) is 11.9 Å². The van der Waals surface area contributed by atoms with Crippen molar-refractivity contribution in [3.8, 4) is 0 Å². The minimum atomic E-state index is -2.16. The van der Waals surface area contributed by atoms with Crippen LogP contribution in [0.5, 0.6) is 0 Å². The summed E-state index contributed by atoms with van der Waals surface area (Å²) in [6, 6.07) is 4.54. The van der Waals surface area contributed by atoms with Crippen LogP contribution in [0.2, 0.25) is 5.02 Å². The first-order chi connectivity index (χ1) is 14.0. The van der Waals surface area contributed by atoms with E-state index in [0.717, 1.165) is 0 Å². The van der Waals surface area contributed by atoms with Gasteiger partial charge in [0.2, 0.25) is 0 Å². The summed E-state index contributed by atoms with van der Waals surface area (Å²) in [5.74, 6) is -1.64. The lowest BCUT2D eigenvalue weighted by molar-refractivity contribution is -0.00287. The molecule has 0 saturated carbocycles. The first-order valence-electron chi connectivity index (χ1n) is 8.35. The fraction of sp³-hybridized carbons (Fsp3) is 0.176. The van der Waals surface area contributed by atoms with Gasteiger partial charge < -0.3 is 15.0 Å². The maximum absolute atomic E-state index is 15.3. The van der Waals surface area contributed by atoms with Crippen molar-refractivity contribution in [1.29, 1.82) is 0 Å². The molecule has 0 saturated heterocycles. The van der Waals surface area contributed by atoms with E-state index in [1.165, 1.54) is 12.4 Å². The summed E-state index contributed by atoms with van der Waals surface area (Å²) >= 11 is 9.49. The second kappa shape index (κ2) is 8.62. The number of nitrogens with zero attached hydrogens (tertiary/aromatic N) is 2. The van der Waals surface area contributed by atoms with Gasteiger partial charge in [-0.05, 0) is 12.1 Å². The smallest absolute Gasteiger partial charge is 0.277 e. The number of rotatable bonds is 6. The van der Waals surface area contributed by atoms with E-state index in [-0.39, 0.29) is 32.9 Å². The number of benzene rings is 2. The lowest BCUT2D eigenvalue weighted by Gasteiger charge is -2.19. The Morgan fingerprint density at radius 3 is 2.73 bits per heavy atom. The Morgan fingerprint density at radius 2 is 2.10 bits per heavy atom. The Kier molecular flexibility index (Phi) is 6.52. The van der Waals surface area contributed by atoms with Crippen LogP contribution in [0.25, 0.3) is 11.0 Å². The van der Waals surface area contributed by atoms with Crippen LogP contribution in [0, 0.1) is 5.82 Å². The Morgan fingerprint density at radius 1 is 1.40 bits per heavy atom. The van der Waals surface area contributed by atoms with Gasteiger partial charge in [-0.3, -0.25) is 9.63 Å². The average molecular weight is 487 g/mol. The van der Waals surface area contributed by atoms with E-state index in [9.17, 15) is 9.90 Å². The highest BCUT2D eigenvalue weighted by Crippen LogP contribution is 2.33. The zero-order valence-electron chi connectivity index (χ0n) is 15.5. The van der Waals surface area contributed by atoms with Crippen LogP contribution < -0.4 is 16.3 Å². The van der Waals surface area contributed by atoms with Crippen molar-refractivity contribution in [2.24, 2.45) is 7.05 Å². The minimum absolute atomic E-state index is 0.0302. The highest BCUT2D eigenvalue weighted by atomic mass is 79.9. The number of aromatic nitrogens is 2. The molecule has 148 valence electrons. The molecule has 3 N–H and O–H groups in total. The van der Waals surface area contributed by atoms with Crippen molar-refractivity contribution < 1.29 is 19.1 Å². The maximum atomic E-state index is 15.3. The molecule has 0 unspecified atom stereocenters. The number of halogens is 3. The fourth-order valence-electron chi connectivity index (χ4n) is 2.65. The third-order valence-electron chi connectivity index (χ3n) is 4.01. The molecule has 0 atom stereocenters. The molecule has 2 aromatic carbocycles. The molecule has 3 rings (SSSR count). The van der Waals surface area contributed by atoms with Crippen molar-refractivity contribution >= 4 is 84.8 Å². The SMILES string of the molecule is [B]c1cc(Br)cc(Cl)c1Nc1c(C(=O)NOCC([B])([B])O)cc2c(ncn2C)c1F. The van der Waals surface area contributed by atoms with E-state index >= 15 is 4.39 Å². The van der Waals surface area contributed by atoms with Gasteiger partial charge in [0.05, 0.1) is 40.4 Å². The number of fused-ring (bicyclic) bond motifs is 1. The zero-order valence-corrected chi connectivity index (χ0v) is 17.9. The van der Waals surface area contributed by atoms with Crippen LogP contribution in [0.3, 0.4) is 0 Å². The number of imidazole rings is 1. The number of nitrogens with one attached hydrogen (secondary N) is 2. The summed E-state index contributed by atoms with van der Waals surface area (Å²) in [7, 11) is 18.0. The number of carbonyl (C=O) groups excluding carboxylic acids is 1. The number of hydrogen-bond donors (Lipinski definition) is 3. The number of hydroxylamine groups is 1. The predicted molar refractivity (Wildman–Crippen MR) is 118 cm³/mol. The first kappa shape index (κ1) is 22.7. The van der Waals surface area contributed by atoms with E-state index in [1.54, 1.807) is 23.7 Å². The molecular formula is C17H12B3BrClFN4O3. The van der Waals surface area contributed by atoms with Gasteiger partial charge in [0.1, 0.15) is 29.1 Å². The van der Waals surface area contributed by atoms with E-state index in [0.29, 0.717) is 9.99 Å². The largest absolute Gasteiger partial charge is 0.407 e. The molecule has 1 heterocycles. The van der Waals surface area contributed by atoms with Crippen LogP contribution in [0.1, 0.15) is 10.4 Å². The van der Waals surface area contributed by atoms with Crippen molar-refractivity contribution in [3.05, 3.63) is 45.4 Å². The van der Waals surface area contributed by atoms with Crippen LogP contribution >= 0.6 is 27.5 Å². The van der Waals surface area contributed by atoms with E-state index in [1.807, 2.05) is 0 Å². The molecule has 0 bridgehead atoms. The minimum Gasteiger partial charge on any atom is -0.407 e. The topological polar surface area (TPSA) is 88.4 Å². The van der Waals surface area contributed by atoms with Gasteiger partial charge in [0.25, 0.3) is 5.91 Å². The molecule has 30 heavy (non-hydrogen) atoms. The number of hydrogen-bond acceptors (Lipinski definition) is 5. The highest BCUT2D eigenvalue weighted by Gasteiger charge is 2.23. The van der Waals surface area contributed by atoms with Crippen LogP contribution in [0.4, 0.5) is 15.8 Å². The Balaban J connectivity index is 2.07. The summed E-state index contributed by atoms with van der Waals surface area (Å²) in [5, 5.41) is 10.1. The maximum Gasteiger partial charge on any atom is 0.277 e. The molecule has 3 aromatic rings. The van der Waals surface area contributed by atoms with Gasteiger partial charge in [-0.15, -0.1) is 0 Å². The highest BCUT2D eigenvalue weighted by molar-refractivity contribution is 9.10. The van der Waals surface area contributed by atoms with Gasteiger partial charge in [-0.2, -0.15) is 0 Å². The summed E-state index contributed by atoms with van der Waals surface area (Å²) in [4.78, 5) is 21.5. The lowest BCUT2D eigenvalue weighted by Crippen LogP contribution is -2.39. The summed E-state index contributed by atoms with van der Waals surface area (Å²) in [5.41, 5.74) is 2.49. The molecule has 0 aliphatic carbocycles. The van der Waals surface area contributed by atoms with Gasteiger partial charge in [-0.25, -0.2) is 14.9 Å². The molecule has 1 amide bonds. The summed E-state index contributed by atoms with van der Waals surface area (Å²) in [6.07, 6.45) is 1.40. The predicted octanol–water partition coefficient (Wildman–Crippen LogP) is 1.31. The number of carbonyl (C=O) groups is 1. The fourth-order valence-corrected chi connectivity index (χ4v) is 3.53. The number of aliphatic hydroxyl groups is 1. The number of amides is 1. The van der Waals surface area contributed by atoms with E-state index in [4.69, 9.17) is 40.0 Å². The standard InChI is InChI=1S/C17H12B3BrClFN4O3/c1-27-6-24-15-11(27)4-8(16(28)26-30-5-17(19,20)29)13(12(15)23)25-14-9(18)2-7(21)3-10(14)22/h2-4,6,25,29H,5H2,1H3,(H,26,28). The van der Waals surface area contributed by atoms with Gasteiger partial charge in [0, 0.05) is 16.9 Å². The number of aryl methyl sites for hydroxylation is 1. The van der Waals surface area contributed by atoms with Gasteiger partial charge >= 0.3 is 0 Å². The third-order valence-corrected chi connectivity index (χ3v) is 4.76. The molecule has 0 fully saturated rings. The molecule has 13 heteroatoms. The van der Waals surface area contributed by atoms with Gasteiger partial charge in [-0.1, -0.05) is 39.1 Å². The first-order valence-corrected chi connectivity index (χ1v) is 9.52. The molecule has 0 aliphatic heterocycles. The summed E-state index contributed by atoms with van der Waals surface area (Å²) < 4.78 is 17.5. The van der Waals surface area contributed by atoms with Crippen molar-refractivity contribution in [1.82, 2.24) is 15.0 Å². The Bertz CT molecular complexity index is 1120. The quantitative estimate of drug-likeness (QED) is 0.361. The second-order valence-corrected chi connectivity index (χ2v) is 7.85. The van der Waals surface area contributed by atoms with E-state index in [2.05, 4.69) is 31.7 Å². The normalized spacial score (nSPS) is 11.6. The van der Waals surface area contributed by atoms with Crippen LogP contribution in [0.15, 0.2) is 29.0 Å². The Labute approximate surface area is 188 Å². The molecule has 0 spiro atoms. The molecular weight excluding hydrogens is 475 g/mol. The van der Waals surface area contributed by atoms with Crippen LogP contribution in [-0.4, -0.2) is 56.1 Å². The molecule has 6 radical (unpaired) electrons. The average Bonchev–Trinajstić information content (AvgIpc) is 2.99. The third kappa shape index (κ3) is 4.83. The van der Waals surface area contributed by atoms with Gasteiger partial charge in [0.15, 0.2) is 5.82 Å². The lowest BCUT2D eigenvalue weighted by atomic mass is 9.66. The van der Waals surface area contributed by atoms with E-state index < -0.39 is 23.7 Å². The molecule has 0 aliphatic rings. The monoisotopic (exact) mass is 486 g/mol. The van der Waals surface area contributed by atoms with Crippen molar-refractivity contribution in [2.75, 3.05) is 11.9 Å². The summed E-state index contributed by atoms with van der Waals surface area (Å²) in [6.45, 7) is -0.608. The Hall–Kier alpha value is -2.01.